The van der Waals surface area contributed by atoms with Gasteiger partial charge in [-0.2, -0.15) is 0 Å². The lowest BCUT2D eigenvalue weighted by Crippen LogP contribution is -2.00. The first kappa shape index (κ1) is 18.6. The van der Waals surface area contributed by atoms with E-state index < -0.39 is 4.92 Å². The van der Waals surface area contributed by atoms with E-state index in [-0.39, 0.29) is 6.61 Å². The number of rotatable bonds is 6. The molecule has 0 aliphatic carbocycles. The monoisotopic (exact) mass is 431 g/mol. The Morgan fingerprint density at radius 2 is 2.04 bits per heavy atom. The van der Waals surface area contributed by atoms with Crippen LogP contribution in [-0.2, 0) is 6.61 Å². The highest BCUT2D eigenvalue weighted by Gasteiger charge is 2.12. The molecule has 2 rings (SSSR count). The molecule has 0 N–H and O–H groups in total. The smallest absolute Gasteiger partial charge is 0.235 e. The molecule has 0 bridgehead atoms. The third-order valence-corrected chi connectivity index (χ3v) is 4.20. The van der Waals surface area contributed by atoms with Gasteiger partial charge in [-0.15, -0.1) is 0 Å². The molecule has 2 aromatic rings. The quantitative estimate of drug-likeness (QED) is 0.440. The second-order valence-electron chi connectivity index (χ2n) is 4.66. The summed E-state index contributed by atoms with van der Waals surface area (Å²) in [6, 6.07) is 8.48. The molecule has 0 saturated carbocycles. The topological polar surface area (TPSA) is 61.6 Å². The Hall–Kier alpha value is -1.76. The largest absolute Gasteiger partial charge is 0.493 e. The predicted molar refractivity (Wildman–Crippen MR) is 97.5 cm³/mol. The molecule has 0 amide bonds. The molecule has 0 heterocycles. The van der Waals surface area contributed by atoms with Gasteiger partial charge in [0.25, 0.3) is 0 Å². The molecule has 0 aliphatic heterocycles. The molecule has 8 heteroatoms. The van der Waals surface area contributed by atoms with Crippen LogP contribution in [0.25, 0.3) is 6.08 Å². The van der Waals surface area contributed by atoms with E-state index in [1.807, 2.05) is 0 Å². The molecule has 0 unspecified atom stereocenters. The van der Waals surface area contributed by atoms with Crippen molar-refractivity contribution < 1.29 is 14.4 Å². The van der Waals surface area contributed by atoms with Crippen LogP contribution >= 0.6 is 39.1 Å². The fraction of sp³-hybridized carbons (Fsp3) is 0.125. The second-order valence-corrected chi connectivity index (χ2v) is 6.36. The number of nitro groups is 1. The summed E-state index contributed by atoms with van der Waals surface area (Å²) in [5.74, 6) is 0.916. The number of methoxy groups -OCH3 is 1. The van der Waals surface area contributed by atoms with Crippen LogP contribution in [0.1, 0.15) is 11.1 Å². The van der Waals surface area contributed by atoms with Crippen molar-refractivity contribution in [1.82, 2.24) is 0 Å². The third kappa shape index (κ3) is 4.87. The molecule has 0 aromatic heterocycles. The van der Waals surface area contributed by atoms with Crippen molar-refractivity contribution in [2.24, 2.45) is 0 Å². The molecule has 0 fully saturated rings. The minimum Gasteiger partial charge on any atom is -0.493 e. The molecule has 126 valence electrons. The summed E-state index contributed by atoms with van der Waals surface area (Å²) < 4.78 is 11.7. The van der Waals surface area contributed by atoms with Crippen LogP contribution in [0.5, 0.6) is 11.5 Å². The van der Waals surface area contributed by atoms with Crippen LogP contribution in [0.15, 0.2) is 41.0 Å². The Kier molecular flexibility index (Phi) is 6.48. The summed E-state index contributed by atoms with van der Waals surface area (Å²) in [5, 5.41) is 11.5. The van der Waals surface area contributed by atoms with Crippen molar-refractivity contribution in [3.05, 3.63) is 72.3 Å². The Labute approximate surface area is 157 Å². The maximum Gasteiger partial charge on any atom is 0.235 e. The number of benzene rings is 2. The van der Waals surface area contributed by atoms with Gasteiger partial charge in [0.15, 0.2) is 11.5 Å². The minimum atomic E-state index is -0.534. The minimum absolute atomic E-state index is 0.217. The van der Waals surface area contributed by atoms with Crippen LogP contribution in [0.4, 0.5) is 0 Å². The van der Waals surface area contributed by atoms with Crippen LogP contribution in [0.3, 0.4) is 0 Å². The van der Waals surface area contributed by atoms with Gasteiger partial charge in [-0.25, -0.2) is 0 Å². The van der Waals surface area contributed by atoms with Gasteiger partial charge in [-0.1, -0.05) is 29.3 Å². The van der Waals surface area contributed by atoms with Crippen LogP contribution in [0.2, 0.25) is 10.0 Å². The first-order chi connectivity index (χ1) is 11.4. The SMILES string of the molecule is COc1cc(/C=C\[N+](=O)[O-])cc(Br)c1OCc1ccc(Cl)cc1Cl. The molecule has 0 radical (unpaired) electrons. The maximum atomic E-state index is 10.4. The first-order valence-electron chi connectivity index (χ1n) is 6.66. The maximum absolute atomic E-state index is 10.4. The summed E-state index contributed by atoms with van der Waals surface area (Å²) in [4.78, 5) is 9.89. The standard InChI is InChI=1S/C16H12BrCl2NO4/c1-23-15-7-10(4-5-20(21)22)6-13(17)16(15)24-9-11-2-3-12(18)8-14(11)19/h2-8H,9H2,1H3/b5-4-. The van der Waals surface area contributed by atoms with Gasteiger partial charge >= 0.3 is 0 Å². The Bertz CT molecular complexity index is 796. The number of ether oxygens (including phenoxy) is 2. The first-order valence-corrected chi connectivity index (χ1v) is 8.21. The Morgan fingerprint density at radius 1 is 1.29 bits per heavy atom. The van der Waals surface area contributed by atoms with E-state index in [4.69, 9.17) is 32.7 Å². The Balaban J connectivity index is 2.24. The van der Waals surface area contributed by atoms with Crippen molar-refractivity contribution in [2.75, 3.05) is 7.11 Å². The van der Waals surface area contributed by atoms with Gasteiger partial charge < -0.3 is 9.47 Å². The zero-order valence-electron chi connectivity index (χ0n) is 12.5. The fourth-order valence-electron chi connectivity index (χ4n) is 1.91. The van der Waals surface area contributed by atoms with E-state index in [1.54, 1.807) is 30.3 Å². The summed E-state index contributed by atoms with van der Waals surface area (Å²) in [5.41, 5.74) is 1.37. The highest BCUT2D eigenvalue weighted by molar-refractivity contribution is 9.10. The van der Waals surface area contributed by atoms with E-state index in [1.165, 1.54) is 13.2 Å². The molecule has 24 heavy (non-hydrogen) atoms. The summed E-state index contributed by atoms with van der Waals surface area (Å²) in [6.45, 7) is 0.217. The Morgan fingerprint density at radius 3 is 2.67 bits per heavy atom. The van der Waals surface area contributed by atoms with Gasteiger partial charge in [0, 0.05) is 21.7 Å². The van der Waals surface area contributed by atoms with E-state index in [0.717, 1.165) is 11.8 Å². The molecular weight excluding hydrogens is 421 g/mol. The summed E-state index contributed by atoms with van der Waals surface area (Å²) in [6.07, 6.45) is 2.22. The number of hydrogen-bond acceptors (Lipinski definition) is 4. The highest BCUT2D eigenvalue weighted by atomic mass is 79.9. The van der Waals surface area contributed by atoms with Crippen molar-refractivity contribution in [1.29, 1.82) is 0 Å². The van der Waals surface area contributed by atoms with Gasteiger partial charge in [-0.05, 0) is 45.8 Å². The molecule has 0 aliphatic rings. The van der Waals surface area contributed by atoms with E-state index in [0.29, 0.717) is 31.6 Å². The summed E-state index contributed by atoms with van der Waals surface area (Å²) in [7, 11) is 1.49. The van der Waals surface area contributed by atoms with Crippen molar-refractivity contribution in [3.63, 3.8) is 0 Å². The number of nitrogens with zero attached hydrogens (tertiary/aromatic N) is 1. The average Bonchev–Trinajstić information content (AvgIpc) is 2.52. The lowest BCUT2D eigenvalue weighted by atomic mass is 10.2. The molecule has 0 spiro atoms. The second kappa shape index (κ2) is 8.37. The van der Waals surface area contributed by atoms with Gasteiger partial charge in [0.2, 0.25) is 6.20 Å². The normalized spacial score (nSPS) is 10.8. The van der Waals surface area contributed by atoms with E-state index in [2.05, 4.69) is 15.9 Å². The lowest BCUT2D eigenvalue weighted by Gasteiger charge is -2.14. The van der Waals surface area contributed by atoms with Gasteiger partial charge in [0.05, 0.1) is 16.5 Å². The molecule has 0 saturated heterocycles. The van der Waals surface area contributed by atoms with Crippen LogP contribution < -0.4 is 9.47 Å². The molecular formula is C16H12BrCl2NO4. The van der Waals surface area contributed by atoms with Crippen molar-refractivity contribution in [2.45, 2.75) is 6.61 Å². The molecule has 2 aromatic carbocycles. The zero-order valence-corrected chi connectivity index (χ0v) is 15.6. The van der Waals surface area contributed by atoms with E-state index in [9.17, 15) is 10.1 Å². The third-order valence-electron chi connectivity index (χ3n) is 3.03. The van der Waals surface area contributed by atoms with E-state index >= 15 is 0 Å². The van der Waals surface area contributed by atoms with Crippen LogP contribution in [0, 0.1) is 10.1 Å². The number of hydrogen-bond donors (Lipinski definition) is 0. The average molecular weight is 433 g/mol. The van der Waals surface area contributed by atoms with Crippen molar-refractivity contribution in [3.8, 4) is 11.5 Å². The lowest BCUT2D eigenvalue weighted by molar-refractivity contribution is -0.400. The zero-order chi connectivity index (χ0) is 17.7. The fourth-order valence-corrected chi connectivity index (χ4v) is 2.95. The van der Waals surface area contributed by atoms with Gasteiger partial charge in [0.1, 0.15) is 6.61 Å². The highest BCUT2D eigenvalue weighted by Crippen LogP contribution is 2.38. The van der Waals surface area contributed by atoms with Gasteiger partial charge in [-0.3, -0.25) is 10.1 Å². The molecule has 0 atom stereocenters. The summed E-state index contributed by atoms with van der Waals surface area (Å²) >= 11 is 15.4. The molecule has 5 nitrogen and oxygen atoms in total. The number of halogens is 3. The van der Waals surface area contributed by atoms with Crippen molar-refractivity contribution >= 4 is 45.2 Å². The predicted octanol–water partition coefficient (Wildman–Crippen LogP) is 5.59. The van der Waals surface area contributed by atoms with Crippen LogP contribution in [-0.4, -0.2) is 12.0 Å².